The quantitative estimate of drug-likeness (QED) is 0.777. The molecule has 23 heavy (non-hydrogen) atoms. The van der Waals surface area contributed by atoms with Gasteiger partial charge in [-0.15, -0.1) is 0 Å². The predicted octanol–water partition coefficient (Wildman–Crippen LogP) is 0.685. The van der Waals surface area contributed by atoms with Crippen LogP contribution in [-0.2, 0) is 19.1 Å². The Kier molecular flexibility index (Phi) is 5.09. The Labute approximate surface area is 134 Å². The maximum Gasteiger partial charge on any atom is 0.328 e. The summed E-state index contributed by atoms with van der Waals surface area (Å²) in [6.07, 6.45) is 0.677. The van der Waals surface area contributed by atoms with E-state index in [0.717, 1.165) is 24.5 Å². The number of hydrogen-bond acceptors (Lipinski definition) is 6. The molecule has 0 aromatic heterocycles. The van der Waals surface area contributed by atoms with Gasteiger partial charge in [-0.1, -0.05) is 0 Å². The van der Waals surface area contributed by atoms with Crippen LogP contribution in [0.5, 0.6) is 0 Å². The van der Waals surface area contributed by atoms with Gasteiger partial charge in [0.1, 0.15) is 6.04 Å². The number of carbonyl (C=O) groups is 2. The highest BCUT2D eigenvalue weighted by molar-refractivity contribution is 5.92. The van der Waals surface area contributed by atoms with Crippen molar-refractivity contribution in [2.24, 2.45) is 0 Å². The molecule has 2 heterocycles. The first-order chi connectivity index (χ1) is 11.2. The minimum absolute atomic E-state index is 0.0352. The summed E-state index contributed by atoms with van der Waals surface area (Å²) in [4.78, 5) is 25.5. The molecular formula is C16H21N3O4. The Morgan fingerprint density at radius 1 is 1.13 bits per heavy atom. The summed E-state index contributed by atoms with van der Waals surface area (Å²) in [7, 11) is 0. The third-order valence-electron chi connectivity index (χ3n) is 3.92. The largest absolute Gasteiger partial charge is 0.464 e. The van der Waals surface area contributed by atoms with Crippen LogP contribution in [0, 0.1) is 0 Å². The van der Waals surface area contributed by atoms with Gasteiger partial charge >= 0.3 is 5.97 Å². The molecule has 2 N–H and O–H groups in total. The lowest BCUT2D eigenvalue weighted by Crippen LogP contribution is -2.41. The predicted molar refractivity (Wildman–Crippen MR) is 85.3 cm³/mol. The van der Waals surface area contributed by atoms with Crippen molar-refractivity contribution in [1.29, 1.82) is 0 Å². The summed E-state index contributed by atoms with van der Waals surface area (Å²) in [5.74, 6) is -0.250. The number of nitrogens with zero attached hydrogens (tertiary/aromatic N) is 1. The standard InChI is InChI=1S/C16H21N3O4/c20-15(11-19-6-9-22-10-7-19)18-13-3-1-12(2-4-13)17-14-5-8-23-16(14)21/h1-4,14,17H,5-11H2,(H,18,20). The Balaban J connectivity index is 1.48. The second-order valence-corrected chi connectivity index (χ2v) is 5.67. The zero-order valence-electron chi connectivity index (χ0n) is 12.9. The SMILES string of the molecule is O=C(CN1CCOCC1)Nc1ccc(NC2CCOC2=O)cc1. The molecule has 0 aliphatic carbocycles. The van der Waals surface area contributed by atoms with Crippen LogP contribution in [0.1, 0.15) is 6.42 Å². The molecule has 2 aliphatic heterocycles. The fraction of sp³-hybridized carbons (Fsp3) is 0.500. The van der Waals surface area contributed by atoms with Gasteiger partial charge < -0.3 is 20.1 Å². The van der Waals surface area contributed by atoms with Crippen molar-refractivity contribution in [2.45, 2.75) is 12.5 Å². The second-order valence-electron chi connectivity index (χ2n) is 5.67. The smallest absolute Gasteiger partial charge is 0.328 e. The molecule has 2 aliphatic rings. The number of ether oxygens (including phenoxy) is 2. The summed E-state index contributed by atoms with van der Waals surface area (Å²) in [6.45, 7) is 3.76. The average molecular weight is 319 g/mol. The molecule has 0 radical (unpaired) electrons. The summed E-state index contributed by atoms with van der Waals surface area (Å²) in [6, 6.07) is 7.04. The van der Waals surface area contributed by atoms with Crippen molar-refractivity contribution in [3.8, 4) is 0 Å². The Bertz CT molecular complexity index is 555. The highest BCUT2D eigenvalue weighted by Gasteiger charge is 2.26. The number of anilines is 2. The van der Waals surface area contributed by atoms with Gasteiger partial charge in [0.2, 0.25) is 5.91 Å². The van der Waals surface area contributed by atoms with Gasteiger partial charge in [0, 0.05) is 30.9 Å². The molecule has 2 fully saturated rings. The number of hydrogen-bond donors (Lipinski definition) is 2. The molecule has 2 saturated heterocycles. The zero-order chi connectivity index (χ0) is 16.1. The summed E-state index contributed by atoms with van der Waals surface area (Å²) in [5, 5.41) is 6.01. The van der Waals surface area contributed by atoms with Crippen molar-refractivity contribution in [3.63, 3.8) is 0 Å². The van der Waals surface area contributed by atoms with Crippen molar-refractivity contribution in [3.05, 3.63) is 24.3 Å². The van der Waals surface area contributed by atoms with Crippen molar-refractivity contribution < 1.29 is 19.1 Å². The fourth-order valence-corrected chi connectivity index (χ4v) is 2.64. The number of rotatable bonds is 5. The molecule has 0 bridgehead atoms. The van der Waals surface area contributed by atoms with E-state index in [1.165, 1.54) is 0 Å². The van der Waals surface area contributed by atoms with E-state index in [0.29, 0.717) is 32.8 Å². The van der Waals surface area contributed by atoms with Gasteiger partial charge in [-0.25, -0.2) is 4.79 Å². The maximum absolute atomic E-state index is 12.0. The lowest BCUT2D eigenvalue weighted by Gasteiger charge is -2.25. The third kappa shape index (κ3) is 4.43. The van der Waals surface area contributed by atoms with Crippen molar-refractivity contribution >= 4 is 23.3 Å². The molecule has 124 valence electrons. The number of cyclic esters (lactones) is 1. The molecule has 0 spiro atoms. The van der Waals surface area contributed by atoms with E-state index < -0.39 is 0 Å². The highest BCUT2D eigenvalue weighted by atomic mass is 16.5. The first-order valence-corrected chi connectivity index (χ1v) is 7.84. The summed E-state index contributed by atoms with van der Waals surface area (Å²) in [5.41, 5.74) is 1.57. The van der Waals surface area contributed by atoms with Crippen LogP contribution in [0.3, 0.4) is 0 Å². The Morgan fingerprint density at radius 2 is 1.83 bits per heavy atom. The minimum atomic E-state index is -0.281. The minimum Gasteiger partial charge on any atom is -0.464 e. The molecule has 1 unspecified atom stereocenters. The van der Waals surface area contributed by atoms with Gasteiger partial charge in [0.15, 0.2) is 0 Å². The summed E-state index contributed by atoms with van der Waals surface area (Å²) < 4.78 is 10.2. The van der Waals surface area contributed by atoms with Crippen LogP contribution in [0.4, 0.5) is 11.4 Å². The monoisotopic (exact) mass is 319 g/mol. The number of amides is 1. The van der Waals surface area contributed by atoms with Crippen LogP contribution >= 0.6 is 0 Å². The zero-order valence-corrected chi connectivity index (χ0v) is 12.9. The maximum atomic E-state index is 12.0. The van der Waals surface area contributed by atoms with E-state index in [4.69, 9.17) is 9.47 Å². The molecule has 3 rings (SSSR count). The number of carbonyl (C=O) groups excluding carboxylic acids is 2. The Morgan fingerprint density at radius 3 is 2.48 bits per heavy atom. The van der Waals surface area contributed by atoms with Crippen LogP contribution in [0.25, 0.3) is 0 Å². The van der Waals surface area contributed by atoms with Crippen molar-refractivity contribution in [2.75, 3.05) is 50.1 Å². The van der Waals surface area contributed by atoms with E-state index in [1.807, 2.05) is 24.3 Å². The van der Waals surface area contributed by atoms with E-state index in [1.54, 1.807) is 0 Å². The van der Waals surface area contributed by atoms with Crippen LogP contribution in [-0.4, -0.2) is 62.3 Å². The van der Waals surface area contributed by atoms with E-state index >= 15 is 0 Å². The highest BCUT2D eigenvalue weighted by Crippen LogP contribution is 2.17. The number of nitrogens with one attached hydrogen (secondary N) is 2. The van der Waals surface area contributed by atoms with E-state index in [9.17, 15) is 9.59 Å². The second kappa shape index (κ2) is 7.43. The van der Waals surface area contributed by atoms with Gasteiger partial charge in [-0.05, 0) is 24.3 Å². The molecule has 0 saturated carbocycles. The normalized spacial score (nSPS) is 21.7. The molecule has 1 aromatic carbocycles. The topological polar surface area (TPSA) is 79.9 Å². The lowest BCUT2D eigenvalue weighted by atomic mass is 10.2. The molecular weight excluding hydrogens is 298 g/mol. The summed E-state index contributed by atoms with van der Waals surface area (Å²) >= 11 is 0. The van der Waals surface area contributed by atoms with E-state index in [-0.39, 0.29) is 17.9 Å². The molecule has 1 aromatic rings. The van der Waals surface area contributed by atoms with Gasteiger partial charge in [0.05, 0.1) is 26.4 Å². The van der Waals surface area contributed by atoms with Gasteiger partial charge in [-0.3, -0.25) is 9.69 Å². The number of benzene rings is 1. The first-order valence-electron chi connectivity index (χ1n) is 7.84. The molecule has 7 nitrogen and oxygen atoms in total. The van der Waals surface area contributed by atoms with Gasteiger partial charge in [-0.2, -0.15) is 0 Å². The number of morpholine rings is 1. The molecule has 1 atom stereocenters. The van der Waals surface area contributed by atoms with Gasteiger partial charge in [0.25, 0.3) is 0 Å². The van der Waals surface area contributed by atoms with Crippen LogP contribution < -0.4 is 10.6 Å². The lowest BCUT2D eigenvalue weighted by molar-refractivity contribution is -0.138. The van der Waals surface area contributed by atoms with Crippen LogP contribution in [0.2, 0.25) is 0 Å². The van der Waals surface area contributed by atoms with Crippen LogP contribution in [0.15, 0.2) is 24.3 Å². The number of esters is 1. The average Bonchev–Trinajstić information content (AvgIpc) is 2.95. The first kappa shape index (κ1) is 15.8. The fourth-order valence-electron chi connectivity index (χ4n) is 2.64. The third-order valence-corrected chi connectivity index (χ3v) is 3.92. The van der Waals surface area contributed by atoms with Crippen molar-refractivity contribution in [1.82, 2.24) is 4.90 Å². The molecule has 1 amide bonds. The van der Waals surface area contributed by atoms with E-state index in [2.05, 4.69) is 15.5 Å². The molecule has 7 heteroatoms. The Hall–Kier alpha value is -2.12.